The monoisotopic (exact) mass is 312 g/mol. The molecule has 0 amide bonds. The first kappa shape index (κ1) is 13.7. The van der Waals surface area contributed by atoms with Gasteiger partial charge in [-0.25, -0.2) is 4.39 Å². The minimum atomic E-state index is -0.704. The molecule has 0 saturated carbocycles. The van der Waals surface area contributed by atoms with Crippen molar-refractivity contribution in [3.63, 3.8) is 0 Å². The summed E-state index contributed by atoms with van der Waals surface area (Å²) in [7, 11) is 0. The Bertz CT molecular complexity index is 640. The van der Waals surface area contributed by atoms with E-state index in [1.807, 2.05) is 0 Å². The minimum Gasteiger partial charge on any atom is -0.485 e. The summed E-state index contributed by atoms with van der Waals surface area (Å²) in [5, 5.41) is 11.0. The van der Waals surface area contributed by atoms with Gasteiger partial charge in [-0.3, -0.25) is 0 Å². The lowest BCUT2D eigenvalue weighted by Crippen LogP contribution is -2.19. The number of hydrogen-bond donors (Lipinski definition) is 1. The third kappa shape index (κ3) is 2.62. The van der Waals surface area contributed by atoms with Gasteiger partial charge in [-0.1, -0.05) is 23.2 Å². The number of benzene rings is 2. The van der Waals surface area contributed by atoms with E-state index in [1.54, 1.807) is 24.3 Å². The second-order valence-corrected chi connectivity index (χ2v) is 5.62. The summed E-state index contributed by atoms with van der Waals surface area (Å²) in [6.07, 6.45) is -0.816. The topological polar surface area (TPSA) is 29.5 Å². The zero-order valence-corrected chi connectivity index (χ0v) is 11.8. The molecule has 1 aliphatic rings. The van der Waals surface area contributed by atoms with Crippen molar-refractivity contribution < 1.29 is 14.2 Å². The van der Waals surface area contributed by atoms with Gasteiger partial charge in [0.1, 0.15) is 17.7 Å². The lowest BCUT2D eigenvalue weighted by atomic mass is 9.95. The molecule has 1 heterocycles. The number of hydrogen-bond acceptors (Lipinski definition) is 2. The Balaban J connectivity index is 1.96. The maximum absolute atomic E-state index is 13.4. The summed E-state index contributed by atoms with van der Waals surface area (Å²) in [6, 6.07) is 9.31. The van der Waals surface area contributed by atoms with Gasteiger partial charge in [-0.2, -0.15) is 0 Å². The first-order valence-electron chi connectivity index (χ1n) is 6.13. The molecule has 0 fully saturated rings. The Morgan fingerprint density at radius 1 is 1.10 bits per heavy atom. The Morgan fingerprint density at radius 2 is 1.90 bits per heavy atom. The molecule has 2 aromatic carbocycles. The standard InChI is InChI=1S/C15H11Cl2FO2/c16-9-1-2-14-12(6-9)13(19)7-15(20-14)8-3-10(17)5-11(18)4-8/h1-6,13,15,19H,7H2/t13-,15?/m0/s1. The Labute approximate surface area is 125 Å². The summed E-state index contributed by atoms with van der Waals surface area (Å²) < 4.78 is 19.2. The van der Waals surface area contributed by atoms with Crippen LogP contribution < -0.4 is 4.74 Å². The number of halogens is 3. The van der Waals surface area contributed by atoms with Gasteiger partial charge < -0.3 is 9.84 Å². The minimum absolute atomic E-state index is 0.306. The zero-order chi connectivity index (χ0) is 14.3. The highest BCUT2D eigenvalue weighted by atomic mass is 35.5. The first-order chi connectivity index (χ1) is 9.52. The van der Waals surface area contributed by atoms with Crippen LogP contribution in [0.4, 0.5) is 4.39 Å². The smallest absolute Gasteiger partial charge is 0.127 e. The van der Waals surface area contributed by atoms with Gasteiger partial charge in [-0.15, -0.1) is 0 Å². The van der Waals surface area contributed by atoms with Gasteiger partial charge in [0.05, 0.1) is 6.10 Å². The predicted molar refractivity (Wildman–Crippen MR) is 75.8 cm³/mol. The van der Waals surface area contributed by atoms with Crippen molar-refractivity contribution in [1.82, 2.24) is 0 Å². The van der Waals surface area contributed by atoms with E-state index in [9.17, 15) is 9.50 Å². The molecule has 1 aliphatic heterocycles. The van der Waals surface area contributed by atoms with Crippen LogP contribution in [-0.2, 0) is 0 Å². The molecule has 2 aromatic rings. The lowest BCUT2D eigenvalue weighted by molar-refractivity contribution is 0.0656. The van der Waals surface area contributed by atoms with E-state index in [2.05, 4.69) is 0 Å². The summed E-state index contributed by atoms with van der Waals surface area (Å²) in [6.45, 7) is 0. The van der Waals surface area contributed by atoms with Gasteiger partial charge in [0.25, 0.3) is 0 Å². The second kappa shape index (κ2) is 5.24. The highest BCUT2D eigenvalue weighted by Crippen LogP contribution is 2.42. The highest BCUT2D eigenvalue weighted by Gasteiger charge is 2.28. The molecule has 0 radical (unpaired) electrons. The molecule has 0 aromatic heterocycles. The van der Waals surface area contributed by atoms with Crippen LogP contribution in [0.2, 0.25) is 10.0 Å². The van der Waals surface area contributed by atoms with Crippen LogP contribution in [0.1, 0.15) is 29.8 Å². The fourth-order valence-electron chi connectivity index (χ4n) is 2.38. The number of aliphatic hydroxyl groups excluding tert-OH is 1. The van der Waals surface area contributed by atoms with E-state index in [4.69, 9.17) is 27.9 Å². The van der Waals surface area contributed by atoms with Crippen molar-refractivity contribution in [2.24, 2.45) is 0 Å². The van der Waals surface area contributed by atoms with Gasteiger partial charge in [0.15, 0.2) is 0 Å². The maximum atomic E-state index is 13.4. The summed E-state index contributed by atoms with van der Waals surface area (Å²) in [5.74, 6) is 0.131. The molecular formula is C15H11Cl2FO2. The molecule has 2 atom stereocenters. The van der Waals surface area contributed by atoms with Crippen LogP contribution in [0.5, 0.6) is 5.75 Å². The number of fused-ring (bicyclic) bond motifs is 1. The summed E-state index contributed by atoms with van der Waals surface area (Å²) in [5.41, 5.74) is 1.26. The number of aliphatic hydroxyl groups is 1. The van der Waals surface area contributed by atoms with Crippen LogP contribution in [0.25, 0.3) is 0 Å². The highest BCUT2D eigenvalue weighted by molar-refractivity contribution is 6.31. The fraction of sp³-hybridized carbons (Fsp3) is 0.200. The summed E-state index contributed by atoms with van der Waals surface area (Å²) >= 11 is 11.8. The second-order valence-electron chi connectivity index (χ2n) is 4.74. The molecule has 104 valence electrons. The van der Waals surface area contributed by atoms with Crippen molar-refractivity contribution >= 4 is 23.2 Å². The van der Waals surface area contributed by atoms with E-state index in [0.29, 0.717) is 33.3 Å². The van der Waals surface area contributed by atoms with Gasteiger partial charge in [-0.05, 0) is 42.0 Å². The SMILES string of the molecule is O[C@H]1CC(c2cc(F)cc(Cl)c2)Oc2ccc(Cl)cc21. The molecule has 0 saturated heterocycles. The molecule has 5 heteroatoms. The van der Waals surface area contributed by atoms with Crippen LogP contribution >= 0.6 is 23.2 Å². The maximum Gasteiger partial charge on any atom is 0.127 e. The van der Waals surface area contributed by atoms with Gasteiger partial charge in [0.2, 0.25) is 0 Å². The van der Waals surface area contributed by atoms with Gasteiger partial charge in [0, 0.05) is 22.0 Å². The lowest BCUT2D eigenvalue weighted by Gasteiger charge is -2.30. The first-order valence-corrected chi connectivity index (χ1v) is 6.88. The molecule has 0 bridgehead atoms. The third-order valence-electron chi connectivity index (χ3n) is 3.29. The molecule has 1 unspecified atom stereocenters. The molecule has 0 spiro atoms. The largest absolute Gasteiger partial charge is 0.485 e. The van der Waals surface area contributed by atoms with E-state index < -0.39 is 18.0 Å². The Hall–Kier alpha value is -1.29. The van der Waals surface area contributed by atoms with Crippen LogP contribution in [0, 0.1) is 5.82 Å². The van der Waals surface area contributed by atoms with Crippen molar-refractivity contribution in [3.05, 3.63) is 63.4 Å². The quantitative estimate of drug-likeness (QED) is 0.827. The summed E-state index contributed by atoms with van der Waals surface area (Å²) in [4.78, 5) is 0. The van der Waals surface area contributed by atoms with Crippen molar-refractivity contribution in [2.75, 3.05) is 0 Å². The Morgan fingerprint density at radius 3 is 2.65 bits per heavy atom. The molecule has 3 rings (SSSR count). The zero-order valence-electron chi connectivity index (χ0n) is 10.3. The normalized spacial score (nSPS) is 21.2. The van der Waals surface area contributed by atoms with Crippen LogP contribution in [0.3, 0.4) is 0 Å². The van der Waals surface area contributed by atoms with E-state index in [1.165, 1.54) is 12.1 Å². The van der Waals surface area contributed by atoms with Crippen molar-refractivity contribution in [2.45, 2.75) is 18.6 Å². The molecule has 2 nitrogen and oxygen atoms in total. The van der Waals surface area contributed by atoms with Crippen molar-refractivity contribution in [3.8, 4) is 5.75 Å². The molecular weight excluding hydrogens is 302 g/mol. The average Bonchev–Trinajstić information content (AvgIpc) is 2.38. The Kier molecular flexibility index (Phi) is 3.59. The molecule has 0 aliphatic carbocycles. The number of rotatable bonds is 1. The fourth-order valence-corrected chi connectivity index (χ4v) is 2.79. The van der Waals surface area contributed by atoms with Crippen molar-refractivity contribution in [1.29, 1.82) is 0 Å². The molecule has 20 heavy (non-hydrogen) atoms. The van der Waals surface area contributed by atoms with Crippen LogP contribution in [0.15, 0.2) is 36.4 Å². The van der Waals surface area contributed by atoms with E-state index in [-0.39, 0.29) is 0 Å². The third-order valence-corrected chi connectivity index (χ3v) is 3.75. The van der Waals surface area contributed by atoms with Gasteiger partial charge >= 0.3 is 0 Å². The molecule has 1 N–H and O–H groups in total. The van der Waals surface area contributed by atoms with Crippen LogP contribution in [-0.4, -0.2) is 5.11 Å². The predicted octanol–water partition coefficient (Wildman–Crippen LogP) is 4.69. The van der Waals surface area contributed by atoms with E-state index in [0.717, 1.165) is 0 Å². The number of ether oxygens (including phenoxy) is 1. The average molecular weight is 313 g/mol. The van der Waals surface area contributed by atoms with E-state index >= 15 is 0 Å².